The van der Waals surface area contributed by atoms with E-state index in [1.807, 2.05) is 30.5 Å². The molecule has 1 heterocycles. The molecule has 0 aliphatic rings. The van der Waals surface area contributed by atoms with E-state index in [0.29, 0.717) is 6.42 Å². The first-order valence-corrected chi connectivity index (χ1v) is 18.8. The topological polar surface area (TPSA) is 32.9 Å². The number of rotatable bonds is 10. The molecule has 0 fully saturated rings. The lowest BCUT2D eigenvalue weighted by atomic mass is 9.56. The van der Waals surface area contributed by atoms with E-state index in [9.17, 15) is 4.21 Å². The zero-order chi connectivity index (χ0) is 34.4. The molecule has 0 amide bonds. The van der Waals surface area contributed by atoms with Crippen LogP contribution in [0.2, 0.25) is 10.0 Å². The van der Waals surface area contributed by atoms with Gasteiger partial charge in [0.1, 0.15) is 0 Å². The van der Waals surface area contributed by atoms with Crippen molar-refractivity contribution in [3.8, 4) is 0 Å². The van der Waals surface area contributed by atoms with Gasteiger partial charge in [-0.3, -0.25) is 4.21 Å². The Balaban J connectivity index is 1.49. The van der Waals surface area contributed by atoms with E-state index in [0.717, 1.165) is 44.4 Å². The molecule has 2 nitrogen and oxygen atoms in total. The van der Waals surface area contributed by atoms with E-state index < -0.39 is 10.8 Å². The molecule has 0 spiro atoms. The summed E-state index contributed by atoms with van der Waals surface area (Å²) in [5.41, 5.74) is 7.91. The number of halogens is 2. The number of aromatic nitrogens is 1. The van der Waals surface area contributed by atoms with Crippen LogP contribution in [0, 0.1) is 0 Å². The maximum absolute atomic E-state index is 12.3. The van der Waals surface area contributed by atoms with Crippen LogP contribution in [0.15, 0.2) is 96.0 Å². The van der Waals surface area contributed by atoms with Crippen molar-refractivity contribution in [3.05, 3.63) is 135 Å². The van der Waals surface area contributed by atoms with Gasteiger partial charge in [-0.15, -0.1) is 0 Å². The molecule has 1 aromatic heterocycles. The van der Waals surface area contributed by atoms with Gasteiger partial charge >= 0.3 is 0 Å². The van der Waals surface area contributed by atoms with Gasteiger partial charge in [0, 0.05) is 55.5 Å². The van der Waals surface area contributed by atoms with Crippen LogP contribution in [0.5, 0.6) is 0 Å². The Labute approximate surface area is 294 Å². The van der Waals surface area contributed by atoms with Gasteiger partial charge in [0.25, 0.3) is 0 Å². The molecule has 0 bridgehead atoms. The van der Waals surface area contributed by atoms with Crippen LogP contribution in [-0.4, -0.2) is 15.4 Å². The average Bonchev–Trinajstić information content (AvgIpc) is 3.49. The lowest BCUT2D eigenvalue weighted by molar-refractivity contribution is 0.232. The Morgan fingerprint density at radius 1 is 0.638 bits per heavy atom. The molecule has 2 unspecified atom stereocenters. The minimum Gasteiger partial charge on any atom is -0.361 e. The summed E-state index contributed by atoms with van der Waals surface area (Å²) in [5, 5.41) is 2.76. The van der Waals surface area contributed by atoms with Crippen LogP contribution >= 0.6 is 23.2 Å². The molecule has 0 radical (unpaired) electrons. The zero-order valence-corrected chi connectivity index (χ0v) is 31.7. The second-order valence-corrected chi connectivity index (χ2v) is 17.8. The van der Waals surface area contributed by atoms with Crippen LogP contribution in [0.25, 0.3) is 10.9 Å². The van der Waals surface area contributed by atoms with Gasteiger partial charge in [-0.25, -0.2) is 0 Å². The second-order valence-electron chi connectivity index (χ2n) is 15.6. The van der Waals surface area contributed by atoms with Crippen molar-refractivity contribution < 1.29 is 4.21 Å². The van der Waals surface area contributed by atoms with Gasteiger partial charge in [-0.2, -0.15) is 0 Å². The fraction of sp³-hybridized carbons (Fsp3) is 0.381. The molecule has 0 aliphatic heterocycles. The third-order valence-corrected chi connectivity index (χ3v) is 12.5. The van der Waals surface area contributed by atoms with E-state index in [1.165, 1.54) is 27.6 Å². The van der Waals surface area contributed by atoms with E-state index in [1.54, 1.807) is 6.26 Å². The van der Waals surface area contributed by atoms with Crippen LogP contribution in [-0.2, 0) is 38.9 Å². The van der Waals surface area contributed by atoms with Crippen molar-refractivity contribution in [1.82, 2.24) is 4.98 Å². The van der Waals surface area contributed by atoms with Gasteiger partial charge in [-0.05, 0) is 110 Å². The first-order valence-electron chi connectivity index (χ1n) is 16.5. The molecule has 0 saturated heterocycles. The molecule has 4 aromatic carbocycles. The molecule has 0 aliphatic carbocycles. The van der Waals surface area contributed by atoms with Crippen molar-refractivity contribution >= 4 is 44.9 Å². The lowest BCUT2D eigenvalue weighted by Gasteiger charge is -2.47. The Morgan fingerprint density at radius 3 is 1.79 bits per heavy atom. The third kappa shape index (κ3) is 7.28. The molecular weight excluding hydrogens is 637 g/mol. The standard InChI is InChI=1S/C42H49Cl2NOS/c1-39(2,3)32-12-17-36(43)29(26-32)24-30-27-33(13-18-37(30)44)40(4,5)21-22-42(8,31-10-15-35(16-11-31)47(9)46)41(6,7)34-14-19-38-28(25-34)20-23-45-38/h10-20,23,25-27,45H,21-22,24H2,1-9H3. The number of benzene rings is 4. The summed E-state index contributed by atoms with van der Waals surface area (Å²) in [5.74, 6) is 0. The predicted molar refractivity (Wildman–Crippen MR) is 204 cm³/mol. The number of nitrogens with one attached hydrogen (secondary N) is 1. The number of aromatic amines is 1. The molecule has 248 valence electrons. The summed E-state index contributed by atoms with van der Waals surface area (Å²) < 4.78 is 12.3. The van der Waals surface area contributed by atoms with Gasteiger partial charge in [0.05, 0.1) is 0 Å². The highest BCUT2D eigenvalue weighted by atomic mass is 35.5. The number of hydrogen-bond donors (Lipinski definition) is 1. The Bertz CT molecular complexity index is 1910. The number of H-pyrrole nitrogens is 1. The molecule has 5 heteroatoms. The monoisotopic (exact) mass is 685 g/mol. The molecule has 47 heavy (non-hydrogen) atoms. The highest BCUT2D eigenvalue weighted by Crippen LogP contribution is 2.49. The van der Waals surface area contributed by atoms with Gasteiger partial charge < -0.3 is 4.98 Å². The quantitative estimate of drug-likeness (QED) is 0.156. The number of fused-ring (bicyclic) bond motifs is 1. The SMILES string of the molecule is CS(=O)c1ccc(C(C)(CCC(C)(C)c2ccc(Cl)c(Cc3cc(C(C)(C)C)ccc3Cl)c2)C(C)(C)c2ccc3[nH]ccc3c2)cc1. The van der Waals surface area contributed by atoms with Crippen LogP contribution in [0.1, 0.15) is 102 Å². The first kappa shape index (κ1) is 35.5. The van der Waals surface area contributed by atoms with E-state index in [-0.39, 0.29) is 21.7 Å². The maximum atomic E-state index is 12.3. The van der Waals surface area contributed by atoms with Gasteiger partial charge in [0.2, 0.25) is 0 Å². The van der Waals surface area contributed by atoms with Crippen molar-refractivity contribution in [3.63, 3.8) is 0 Å². The predicted octanol–water partition coefficient (Wildman–Crippen LogP) is 12.1. The molecule has 5 aromatic rings. The minimum atomic E-state index is -1.02. The summed E-state index contributed by atoms with van der Waals surface area (Å²) in [6.45, 7) is 18.5. The van der Waals surface area contributed by atoms with Crippen LogP contribution < -0.4 is 0 Å². The summed E-state index contributed by atoms with van der Waals surface area (Å²) in [6.07, 6.45) is 6.33. The first-order chi connectivity index (χ1) is 21.9. The smallest absolute Gasteiger partial charge is 0.0498 e. The van der Waals surface area contributed by atoms with E-state index in [4.69, 9.17) is 23.2 Å². The lowest BCUT2D eigenvalue weighted by Crippen LogP contribution is -2.44. The van der Waals surface area contributed by atoms with Crippen molar-refractivity contribution in [1.29, 1.82) is 0 Å². The molecule has 0 saturated carbocycles. The van der Waals surface area contributed by atoms with E-state index in [2.05, 4.69) is 121 Å². The summed E-state index contributed by atoms with van der Waals surface area (Å²) in [6, 6.07) is 30.3. The minimum absolute atomic E-state index is 0.0364. The van der Waals surface area contributed by atoms with Gasteiger partial charge in [-0.1, -0.05) is 121 Å². The summed E-state index contributed by atoms with van der Waals surface area (Å²) in [4.78, 5) is 4.19. The van der Waals surface area contributed by atoms with Crippen LogP contribution in [0.4, 0.5) is 0 Å². The van der Waals surface area contributed by atoms with Crippen molar-refractivity contribution in [2.24, 2.45) is 0 Å². The highest BCUT2D eigenvalue weighted by Gasteiger charge is 2.44. The zero-order valence-electron chi connectivity index (χ0n) is 29.4. The molecule has 2 atom stereocenters. The Morgan fingerprint density at radius 2 is 1.19 bits per heavy atom. The van der Waals surface area contributed by atoms with E-state index >= 15 is 0 Å². The number of hydrogen-bond acceptors (Lipinski definition) is 1. The summed E-state index contributed by atoms with van der Waals surface area (Å²) >= 11 is 13.6. The third-order valence-electron chi connectivity index (χ3n) is 10.8. The average molecular weight is 687 g/mol. The Hall–Kier alpha value is -2.85. The fourth-order valence-electron chi connectivity index (χ4n) is 6.81. The molecule has 1 N–H and O–H groups in total. The fourth-order valence-corrected chi connectivity index (χ4v) is 7.70. The molecular formula is C42H49Cl2NOS. The largest absolute Gasteiger partial charge is 0.361 e. The molecule has 5 rings (SSSR count). The maximum Gasteiger partial charge on any atom is 0.0498 e. The van der Waals surface area contributed by atoms with Crippen molar-refractivity contribution in [2.75, 3.05) is 6.26 Å². The highest BCUT2D eigenvalue weighted by molar-refractivity contribution is 7.84. The Kier molecular flexibility index (Phi) is 9.97. The van der Waals surface area contributed by atoms with Crippen molar-refractivity contribution in [2.45, 2.75) is 101 Å². The second kappa shape index (κ2) is 13.2. The van der Waals surface area contributed by atoms with Crippen LogP contribution in [0.3, 0.4) is 0 Å². The van der Waals surface area contributed by atoms with Gasteiger partial charge in [0.15, 0.2) is 0 Å². The normalized spacial score (nSPS) is 14.7. The summed E-state index contributed by atoms with van der Waals surface area (Å²) in [7, 11) is -1.02.